The van der Waals surface area contributed by atoms with Crippen molar-refractivity contribution in [1.29, 1.82) is 0 Å². The van der Waals surface area contributed by atoms with Crippen LogP contribution in [-0.4, -0.2) is 11.8 Å². The second-order valence-corrected chi connectivity index (χ2v) is 11.2. The molecule has 2 bridgehead atoms. The number of carbonyl (C=O) groups is 2. The monoisotopic (exact) mass is 535 g/mol. The van der Waals surface area contributed by atoms with Crippen molar-refractivity contribution in [2.45, 2.75) is 22.5 Å². The summed E-state index contributed by atoms with van der Waals surface area (Å²) in [6.07, 6.45) is 0. The maximum atomic E-state index is 14.0. The summed E-state index contributed by atoms with van der Waals surface area (Å²) in [6.45, 7) is 3.98. The van der Waals surface area contributed by atoms with E-state index in [2.05, 4.69) is 56.1 Å². The molecule has 1 saturated heterocycles. The Bertz CT molecular complexity index is 1190. The summed E-state index contributed by atoms with van der Waals surface area (Å²) in [5, 5.41) is 0. The quantitative estimate of drug-likeness (QED) is 0.295. The van der Waals surface area contributed by atoms with Gasteiger partial charge in [0, 0.05) is 0 Å². The second kappa shape index (κ2) is 6.17. The van der Waals surface area contributed by atoms with E-state index >= 15 is 0 Å². The highest BCUT2D eigenvalue weighted by atomic mass is 79.9. The fraction of sp³-hybridized carbons (Fsp3) is 0.231. The van der Waals surface area contributed by atoms with Gasteiger partial charge in [-0.2, -0.15) is 0 Å². The van der Waals surface area contributed by atoms with E-state index in [1.807, 2.05) is 56.3 Å². The molecular weight excluding hydrogens is 518 g/mol. The maximum Gasteiger partial charge on any atom is 0.239 e. The summed E-state index contributed by atoms with van der Waals surface area (Å²) in [7, 11) is 0. The average Bonchev–Trinajstić information content (AvgIpc) is 3.05. The predicted molar refractivity (Wildman–Crippen MR) is 128 cm³/mol. The highest BCUT2D eigenvalue weighted by Crippen LogP contribution is 2.70. The van der Waals surface area contributed by atoms with Crippen molar-refractivity contribution in [1.82, 2.24) is 0 Å². The van der Waals surface area contributed by atoms with Crippen LogP contribution in [0.15, 0.2) is 66.7 Å². The van der Waals surface area contributed by atoms with Crippen LogP contribution in [0.4, 0.5) is 5.69 Å². The Labute approximate surface area is 197 Å². The van der Waals surface area contributed by atoms with Crippen LogP contribution >= 0.6 is 31.9 Å². The number of alkyl halides is 2. The molecule has 7 rings (SSSR count). The zero-order chi connectivity index (χ0) is 21.7. The van der Waals surface area contributed by atoms with Gasteiger partial charge in [-0.3, -0.25) is 9.59 Å². The van der Waals surface area contributed by atoms with Gasteiger partial charge >= 0.3 is 0 Å². The third-order valence-electron chi connectivity index (χ3n) is 7.40. The minimum absolute atomic E-state index is 0.145. The van der Waals surface area contributed by atoms with Gasteiger partial charge in [-0.1, -0.05) is 92.5 Å². The molecule has 1 heterocycles. The van der Waals surface area contributed by atoms with Crippen molar-refractivity contribution in [3.63, 3.8) is 0 Å². The zero-order valence-corrected chi connectivity index (χ0v) is 20.2. The van der Waals surface area contributed by atoms with Crippen LogP contribution in [0.5, 0.6) is 0 Å². The Kier molecular flexibility index (Phi) is 3.87. The highest BCUT2D eigenvalue weighted by molar-refractivity contribution is 9.10. The summed E-state index contributed by atoms with van der Waals surface area (Å²) in [5.74, 6) is -1.37. The van der Waals surface area contributed by atoms with E-state index in [1.165, 1.54) is 4.90 Å². The first-order chi connectivity index (χ1) is 14.8. The molecule has 2 atom stereocenters. The lowest BCUT2D eigenvalue weighted by Gasteiger charge is -2.55. The molecule has 31 heavy (non-hydrogen) atoms. The van der Waals surface area contributed by atoms with Crippen molar-refractivity contribution in [3.05, 3.63) is 100 Å². The lowest BCUT2D eigenvalue weighted by molar-refractivity contribution is -0.122. The number of carbonyl (C=O) groups excluding carboxylic acids is 2. The summed E-state index contributed by atoms with van der Waals surface area (Å²) >= 11 is 8.08. The first kappa shape index (κ1) is 19.4. The van der Waals surface area contributed by atoms with Gasteiger partial charge in [0.05, 0.1) is 26.2 Å². The second-order valence-electron chi connectivity index (χ2n) is 8.70. The minimum Gasteiger partial charge on any atom is -0.274 e. The number of imide groups is 1. The van der Waals surface area contributed by atoms with Crippen molar-refractivity contribution in [2.24, 2.45) is 11.8 Å². The average molecular weight is 537 g/mol. The smallest absolute Gasteiger partial charge is 0.239 e. The van der Waals surface area contributed by atoms with E-state index in [9.17, 15) is 9.59 Å². The first-order valence-electron chi connectivity index (χ1n) is 10.3. The molecule has 0 radical (unpaired) electrons. The fourth-order valence-electron chi connectivity index (χ4n) is 5.88. The number of benzene rings is 3. The van der Waals surface area contributed by atoms with Gasteiger partial charge in [0.2, 0.25) is 11.8 Å². The lowest BCUT2D eigenvalue weighted by atomic mass is 9.54. The largest absolute Gasteiger partial charge is 0.274 e. The normalized spacial score (nSPS) is 30.3. The van der Waals surface area contributed by atoms with E-state index in [0.29, 0.717) is 5.69 Å². The van der Waals surface area contributed by atoms with E-state index in [4.69, 9.17) is 0 Å². The van der Waals surface area contributed by atoms with Crippen LogP contribution in [0, 0.1) is 25.7 Å². The molecule has 0 aromatic heterocycles. The fourth-order valence-corrected chi connectivity index (χ4v) is 8.19. The number of hydrogen-bond donors (Lipinski definition) is 0. The third kappa shape index (κ3) is 2.10. The van der Waals surface area contributed by atoms with E-state index in [-0.39, 0.29) is 11.8 Å². The molecule has 0 N–H and O–H groups in total. The standard InChI is InChI=1S/C26H19Br2NO2/c1-14-8-7-13-20(15(14)2)29-23(30)21-22(24(29)31)26(28)17-10-4-3-9-16(17)25(21,27)18-11-5-6-12-19(18)26/h3-13,21-22H,1-2H3. The number of aryl methyl sites for hydroxylation is 1. The number of nitrogens with zero attached hydrogens (tertiary/aromatic N) is 1. The molecule has 2 unspecified atom stereocenters. The van der Waals surface area contributed by atoms with Crippen LogP contribution in [0.2, 0.25) is 0 Å². The topological polar surface area (TPSA) is 37.4 Å². The zero-order valence-electron chi connectivity index (χ0n) is 17.0. The molecule has 154 valence electrons. The Hall–Kier alpha value is -2.24. The van der Waals surface area contributed by atoms with Gasteiger partial charge < -0.3 is 0 Å². The summed E-state index contributed by atoms with van der Waals surface area (Å²) in [6, 6.07) is 22.1. The number of hydrogen-bond acceptors (Lipinski definition) is 2. The molecule has 5 heteroatoms. The molecule has 0 saturated carbocycles. The van der Waals surface area contributed by atoms with Crippen LogP contribution < -0.4 is 4.90 Å². The number of rotatable bonds is 1. The number of amides is 2. The Morgan fingerprint density at radius 1 is 0.677 bits per heavy atom. The van der Waals surface area contributed by atoms with Gasteiger partial charge in [0.25, 0.3) is 0 Å². The lowest BCUT2D eigenvalue weighted by Crippen LogP contribution is -2.56. The van der Waals surface area contributed by atoms with Gasteiger partial charge in [-0.25, -0.2) is 4.90 Å². The van der Waals surface area contributed by atoms with Crippen molar-refractivity contribution in [3.8, 4) is 0 Å². The highest BCUT2D eigenvalue weighted by Gasteiger charge is 2.72. The van der Waals surface area contributed by atoms with Crippen molar-refractivity contribution in [2.75, 3.05) is 4.90 Å². The van der Waals surface area contributed by atoms with Gasteiger partial charge in [-0.05, 0) is 53.3 Å². The molecule has 3 aromatic carbocycles. The Morgan fingerprint density at radius 2 is 1.10 bits per heavy atom. The van der Waals surface area contributed by atoms with Crippen LogP contribution in [0.3, 0.4) is 0 Å². The number of anilines is 1. The van der Waals surface area contributed by atoms with E-state index in [1.54, 1.807) is 0 Å². The summed E-state index contributed by atoms with van der Waals surface area (Å²) < 4.78 is -1.50. The predicted octanol–water partition coefficient (Wildman–Crippen LogP) is 5.71. The van der Waals surface area contributed by atoms with E-state index in [0.717, 1.165) is 33.4 Å². The molecule has 1 fully saturated rings. The molecule has 3 aliphatic carbocycles. The van der Waals surface area contributed by atoms with Gasteiger partial charge in [0.15, 0.2) is 0 Å². The van der Waals surface area contributed by atoms with Crippen molar-refractivity contribution < 1.29 is 9.59 Å². The first-order valence-corrected chi connectivity index (χ1v) is 11.9. The Morgan fingerprint density at radius 3 is 1.52 bits per heavy atom. The van der Waals surface area contributed by atoms with Crippen LogP contribution in [0.1, 0.15) is 33.4 Å². The molecule has 4 aliphatic rings. The molecule has 0 spiro atoms. The van der Waals surface area contributed by atoms with Gasteiger partial charge in [-0.15, -0.1) is 0 Å². The molecular formula is C26H19Br2NO2. The summed E-state index contributed by atoms with van der Waals surface area (Å²) in [5.41, 5.74) is 6.91. The van der Waals surface area contributed by atoms with E-state index < -0.39 is 20.5 Å². The summed E-state index contributed by atoms with van der Waals surface area (Å²) in [4.78, 5) is 29.5. The molecule has 1 aliphatic heterocycles. The third-order valence-corrected chi connectivity index (χ3v) is 10.1. The Balaban J connectivity index is 1.67. The molecule has 3 aromatic rings. The number of halogens is 2. The minimum atomic E-state index is -0.750. The van der Waals surface area contributed by atoms with Crippen LogP contribution in [-0.2, 0) is 18.2 Å². The van der Waals surface area contributed by atoms with Crippen molar-refractivity contribution >= 4 is 49.4 Å². The van der Waals surface area contributed by atoms with Gasteiger partial charge in [0.1, 0.15) is 0 Å². The maximum absolute atomic E-state index is 14.0. The van der Waals surface area contributed by atoms with Crippen LogP contribution in [0.25, 0.3) is 0 Å². The SMILES string of the molecule is Cc1cccc(N2C(=O)C3C(C2=O)C2(Br)c4ccccc4C3(Br)c3ccccc32)c1C. The molecule has 3 nitrogen and oxygen atoms in total. The molecule has 2 amide bonds.